The molecule has 1 heterocycles. The van der Waals surface area contributed by atoms with Crippen LogP contribution in [-0.2, 0) is 6.18 Å². The Hall–Kier alpha value is -1.92. The molecule has 6 heteroatoms. The van der Waals surface area contributed by atoms with Crippen LogP contribution in [0.25, 0.3) is 0 Å². The first-order valence-corrected chi connectivity index (χ1v) is 6.86. The van der Waals surface area contributed by atoms with Gasteiger partial charge < -0.3 is 10.4 Å². The average Bonchev–Trinajstić information content (AvgIpc) is 2.52. The summed E-state index contributed by atoms with van der Waals surface area (Å²) in [6, 6.07) is 8.28. The van der Waals surface area contributed by atoms with Gasteiger partial charge in [0, 0.05) is 25.0 Å². The van der Waals surface area contributed by atoms with Crippen LogP contribution < -0.4 is 5.32 Å². The highest BCUT2D eigenvalue weighted by Gasteiger charge is 2.30. The molecule has 0 fully saturated rings. The highest BCUT2D eigenvalue weighted by molar-refractivity contribution is 5.26. The maximum atomic E-state index is 12.5. The molecule has 2 rings (SSSR count). The van der Waals surface area contributed by atoms with Crippen LogP contribution in [0.4, 0.5) is 13.2 Å². The number of rotatable bonds is 5. The van der Waals surface area contributed by atoms with Crippen LogP contribution in [0.1, 0.15) is 35.8 Å². The van der Waals surface area contributed by atoms with Crippen LogP contribution in [0.5, 0.6) is 0 Å². The van der Waals surface area contributed by atoms with E-state index in [-0.39, 0.29) is 6.04 Å². The van der Waals surface area contributed by atoms with Gasteiger partial charge in [-0.25, -0.2) is 0 Å². The Morgan fingerprint density at radius 1 is 1.05 bits per heavy atom. The number of nitrogens with one attached hydrogen (secondary N) is 1. The average molecular weight is 310 g/mol. The van der Waals surface area contributed by atoms with Crippen LogP contribution in [0.3, 0.4) is 0 Å². The van der Waals surface area contributed by atoms with Crippen molar-refractivity contribution in [2.24, 2.45) is 0 Å². The van der Waals surface area contributed by atoms with Crippen molar-refractivity contribution in [2.75, 3.05) is 6.54 Å². The summed E-state index contributed by atoms with van der Waals surface area (Å²) in [5.41, 5.74) is 0.803. The van der Waals surface area contributed by atoms with E-state index in [0.717, 1.165) is 23.3 Å². The van der Waals surface area contributed by atoms with Crippen molar-refractivity contribution in [1.82, 2.24) is 10.3 Å². The summed E-state index contributed by atoms with van der Waals surface area (Å²) in [4.78, 5) is 3.88. The molecule has 0 amide bonds. The van der Waals surface area contributed by atoms with E-state index in [2.05, 4.69) is 10.3 Å². The van der Waals surface area contributed by atoms with Gasteiger partial charge in [0.2, 0.25) is 0 Å². The topological polar surface area (TPSA) is 45.1 Å². The largest absolute Gasteiger partial charge is 0.416 e. The van der Waals surface area contributed by atoms with E-state index >= 15 is 0 Å². The zero-order valence-electron chi connectivity index (χ0n) is 12.0. The third kappa shape index (κ3) is 4.29. The number of aliphatic hydroxyl groups excluding tert-OH is 1. The molecule has 2 aromatic rings. The molecule has 0 radical (unpaired) electrons. The first-order chi connectivity index (χ1) is 10.4. The van der Waals surface area contributed by atoms with E-state index in [4.69, 9.17) is 0 Å². The fourth-order valence-corrected chi connectivity index (χ4v) is 2.07. The monoisotopic (exact) mass is 310 g/mol. The maximum absolute atomic E-state index is 12.5. The molecule has 0 aliphatic rings. The number of benzene rings is 1. The molecule has 118 valence electrons. The highest BCUT2D eigenvalue weighted by Crippen LogP contribution is 2.29. The predicted octanol–water partition coefficient (Wildman–Crippen LogP) is 3.48. The van der Waals surface area contributed by atoms with E-state index < -0.39 is 17.8 Å². The summed E-state index contributed by atoms with van der Waals surface area (Å²) in [6.45, 7) is 2.13. The van der Waals surface area contributed by atoms with Crippen molar-refractivity contribution in [3.63, 3.8) is 0 Å². The lowest BCUT2D eigenvalue weighted by Crippen LogP contribution is -2.24. The van der Waals surface area contributed by atoms with Crippen LogP contribution in [-0.4, -0.2) is 16.6 Å². The van der Waals surface area contributed by atoms with E-state index in [1.807, 2.05) is 6.92 Å². The van der Waals surface area contributed by atoms with Gasteiger partial charge in [-0.3, -0.25) is 4.98 Å². The third-order valence-electron chi connectivity index (χ3n) is 3.45. The first kappa shape index (κ1) is 16.5. The molecule has 0 aliphatic heterocycles. The quantitative estimate of drug-likeness (QED) is 0.888. The minimum Gasteiger partial charge on any atom is -0.387 e. The van der Waals surface area contributed by atoms with Gasteiger partial charge >= 0.3 is 6.18 Å². The smallest absolute Gasteiger partial charge is 0.387 e. The zero-order valence-corrected chi connectivity index (χ0v) is 12.0. The number of hydrogen-bond acceptors (Lipinski definition) is 3. The second kappa shape index (κ2) is 6.89. The number of alkyl halides is 3. The van der Waals surface area contributed by atoms with Crippen molar-refractivity contribution in [2.45, 2.75) is 25.2 Å². The number of hydrogen-bond donors (Lipinski definition) is 2. The summed E-state index contributed by atoms with van der Waals surface area (Å²) in [5, 5.41) is 13.1. The second-order valence-electron chi connectivity index (χ2n) is 5.05. The molecule has 0 saturated heterocycles. The SMILES string of the molecule is CC(NCC(O)c1ccncc1)c1ccc(C(F)(F)F)cc1. The summed E-state index contributed by atoms with van der Waals surface area (Å²) >= 11 is 0. The van der Waals surface area contributed by atoms with E-state index in [1.165, 1.54) is 12.1 Å². The van der Waals surface area contributed by atoms with Crippen molar-refractivity contribution >= 4 is 0 Å². The number of nitrogens with zero attached hydrogens (tertiary/aromatic N) is 1. The summed E-state index contributed by atoms with van der Waals surface area (Å²) in [7, 11) is 0. The molecule has 0 bridgehead atoms. The standard InChI is InChI=1S/C16H17F3N2O/c1-11(12-2-4-14(5-3-12)16(17,18)19)21-10-15(22)13-6-8-20-9-7-13/h2-9,11,15,21-22H,10H2,1H3. The molecule has 2 unspecified atom stereocenters. The lowest BCUT2D eigenvalue weighted by molar-refractivity contribution is -0.137. The zero-order chi connectivity index (χ0) is 16.2. The molecular formula is C16H17F3N2O. The van der Waals surface area contributed by atoms with Gasteiger partial charge in [-0.05, 0) is 42.3 Å². The van der Waals surface area contributed by atoms with Gasteiger partial charge in [0.25, 0.3) is 0 Å². The number of pyridine rings is 1. The maximum Gasteiger partial charge on any atom is 0.416 e. The van der Waals surface area contributed by atoms with Crippen molar-refractivity contribution in [1.29, 1.82) is 0 Å². The summed E-state index contributed by atoms with van der Waals surface area (Å²) in [6.07, 6.45) is -1.83. The van der Waals surface area contributed by atoms with E-state index in [0.29, 0.717) is 6.54 Å². The van der Waals surface area contributed by atoms with Crippen molar-refractivity contribution < 1.29 is 18.3 Å². The molecule has 22 heavy (non-hydrogen) atoms. The third-order valence-corrected chi connectivity index (χ3v) is 3.45. The fraction of sp³-hybridized carbons (Fsp3) is 0.312. The van der Waals surface area contributed by atoms with Gasteiger partial charge in [-0.2, -0.15) is 13.2 Å². The van der Waals surface area contributed by atoms with Crippen molar-refractivity contribution in [3.8, 4) is 0 Å². The Bertz CT molecular complexity index is 585. The van der Waals surface area contributed by atoms with Gasteiger partial charge in [0.15, 0.2) is 0 Å². The Morgan fingerprint density at radius 2 is 1.64 bits per heavy atom. The molecule has 0 saturated carbocycles. The number of aliphatic hydroxyl groups is 1. The van der Waals surface area contributed by atoms with Gasteiger partial charge in [-0.15, -0.1) is 0 Å². The van der Waals surface area contributed by atoms with Crippen LogP contribution in [0, 0.1) is 0 Å². The normalized spacial score (nSPS) is 14.6. The molecule has 3 nitrogen and oxygen atoms in total. The van der Waals surface area contributed by atoms with Gasteiger partial charge in [0.1, 0.15) is 0 Å². The molecular weight excluding hydrogens is 293 g/mol. The Balaban J connectivity index is 1.93. The van der Waals surface area contributed by atoms with E-state index in [9.17, 15) is 18.3 Å². The Labute approximate surface area is 126 Å². The molecule has 0 aliphatic carbocycles. The Kier molecular flexibility index (Phi) is 5.15. The lowest BCUT2D eigenvalue weighted by atomic mass is 10.1. The van der Waals surface area contributed by atoms with Crippen LogP contribution in [0.2, 0.25) is 0 Å². The minimum absolute atomic E-state index is 0.168. The molecule has 0 spiro atoms. The number of halogens is 3. The summed E-state index contributed by atoms with van der Waals surface area (Å²) in [5.74, 6) is 0. The van der Waals surface area contributed by atoms with Crippen LogP contribution in [0.15, 0.2) is 48.8 Å². The fourth-order valence-electron chi connectivity index (χ4n) is 2.07. The second-order valence-corrected chi connectivity index (χ2v) is 5.05. The Morgan fingerprint density at radius 3 is 2.18 bits per heavy atom. The van der Waals surface area contributed by atoms with Crippen LogP contribution >= 0.6 is 0 Å². The molecule has 2 N–H and O–H groups in total. The van der Waals surface area contributed by atoms with E-state index in [1.54, 1.807) is 24.5 Å². The molecule has 1 aromatic carbocycles. The van der Waals surface area contributed by atoms with Crippen molar-refractivity contribution in [3.05, 3.63) is 65.5 Å². The number of aromatic nitrogens is 1. The molecule has 1 aromatic heterocycles. The highest BCUT2D eigenvalue weighted by atomic mass is 19.4. The molecule has 2 atom stereocenters. The lowest BCUT2D eigenvalue weighted by Gasteiger charge is -2.18. The van der Waals surface area contributed by atoms with Gasteiger partial charge in [0.05, 0.1) is 11.7 Å². The van der Waals surface area contributed by atoms with Gasteiger partial charge in [-0.1, -0.05) is 12.1 Å². The predicted molar refractivity (Wildman–Crippen MR) is 77.1 cm³/mol. The minimum atomic E-state index is -4.33. The first-order valence-electron chi connectivity index (χ1n) is 6.86. The summed E-state index contributed by atoms with van der Waals surface area (Å²) < 4.78 is 37.5.